The monoisotopic (exact) mass is 295 g/mol. The molecule has 1 heterocycles. The van der Waals surface area contributed by atoms with E-state index in [0.717, 1.165) is 11.4 Å². The molecule has 0 aliphatic carbocycles. The van der Waals surface area contributed by atoms with Gasteiger partial charge in [0.2, 0.25) is 0 Å². The van der Waals surface area contributed by atoms with Gasteiger partial charge in [0.1, 0.15) is 12.4 Å². The molecular weight excluding hydrogens is 266 g/mol. The van der Waals surface area contributed by atoms with Crippen LogP contribution in [0.5, 0.6) is 5.75 Å². The van der Waals surface area contributed by atoms with Crippen molar-refractivity contribution in [2.24, 2.45) is 0 Å². The number of aromatic nitrogens is 1. The summed E-state index contributed by atoms with van der Waals surface area (Å²) in [6.07, 6.45) is 1.80. The summed E-state index contributed by atoms with van der Waals surface area (Å²) in [6.45, 7) is 16.8. The number of hydrogen-bond acceptors (Lipinski definition) is 3. The first-order valence-electron chi connectivity index (χ1n) is 7.36. The van der Waals surface area contributed by atoms with Crippen LogP contribution in [0.25, 0.3) is 0 Å². The van der Waals surface area contributed by atoms with Gasteiger partial charge in [-0.25, -0.2) is 0 Å². The topological polar surface area (TPSA) is 31.4 Å². The molecule has 114 valence electrons. The highest BCUT2D eigenvalue weighted by Gasteiger charge is 2.36. The number of pyridine rings is 1. The van der Waals surface area contributed by atoms with E-state index in [-0.39, 0.29) is 5.04 Å². The summed E-state index contributed by atoms with van der Waals surface area (Å²) in [5.74, 6) is 1.30. The average molecular weight is 295 g/mol. The fourth-order valence-electron chi connectivity index (χ4n) is 1.51. The second-order valence-electron chi connectivity index (χ2n) is 7.03. The lowest BCUT2D eigenvalue weighted by Gasteiger charge is -2.36. The van der Waals surface area contributed by atoms with E-state index in [1.165, 1.54) is 0 Å². The number of nitrogens with zero attached hydrogens (tertiary/aromatic N) is 1. The Morgan fingerprint density at radius 1 is 1.20 bits per heavy atom. The quantitative estimate of drug-likeness (QED) is 0.567. The second kappa shape index (κ2) is 6.72. The van der Waals surface area contributed by atoms with Crippen LogP contribution in [0, 0.1) is 0 Å². The minimum Gasteiger partial charge on any atom is -0.491 e. The minimum absolute atomic E-state index is 0.245. The van der Waals surface area contributed by atoms with Crippen LogP contribution in [-0.2, 0) is 4.43 Å². The van der Waals surface area contributed by atoms with Crippen LogP contribution in [0.4, 0.5) is 0 Å². The standard InChI is InChI=1S/C16H29NO2Si/c1-13(2)15-12-14(8-9-17-15)18-10-11-19-20(6,7)16(3,4)5/h8-9,12-13H,10-11H2,1-7H3. The summed E-state index contributed by atoms with van der Waals surface area (Å²) in [6, 6.07) is 3.91. The molecule has 1 aromatic rings. The largest absolute Gasteiger partial charge is 0.491 e. The highest BCUT2D eigenvalue weighted by molar-refractivity contribution is 6.74. The first-order chi connectivity index (χ1) is 9.13. The zero-order chi connectivity index (χ0) is 15.4. The Morgan fingerprint density at radius 3 is 2.40 bits per heavy atom. The maximum atomic E-state index is 6.09. The van der Waals surface area contributed by atoms with Gasteiger partial charge in [0.15, 0.2) is 8.32 Å². The molecule has 1 aromatic heterocycles. The summed E-state index contributed by atoms with van der Waals surface area (Å²) in [5, 5.41) is 0.245. The van der Waals surface area contributed by atoms with Gasteiger partial charge in [-0.15, -0.1) is 0 Å². The predicted octanol–water partition coefficient (Wildman–Crippen LogP) is 4.61. The molecule has 1 rings (SSSR count). The lowest BCUT2D eigenvalue weighted by Crippen LogP contribution is -2.41. The molecule has 0 aromatic carbocycles. The fourth-order valence-corrected chi connectivity index (χ4v) is 2.53. The Labute approximate surface area is 124 Å². The zero-order valence-corrected chi connectivity index (χ0v) is 15.0. The van der Waals surface area contributed by atoms with Crippen LogP contribution < -0.4 is 4.74 Å². The molecule has 0 aliphatic heterocycles. The van der Waals surface area contributed by atoms with Gasteiger partial charge in [0, 0.05) is 18.0 Å². The van der Waals surface area contributed by atoms with Crippen molar-refractivity contribution >= 4 is 8.32 Å². The molecular formula is C16H29NO2Si. The maximum absolute atomic E-state index is 6.09. The summed E-state index contributed by atoms with van der Waals surface area (Å²) in [5.41, 5.74) is 1.06. The zero-order valence-electron chi connectivity index (χ0n) is 14.0. The molecule has 0 atom stereocenters. The van der Waals surface area contributed by atoms with Crippen molar-refractivity contribution in [3.8, 4) is 5.75 Å². The smallest absolute Gasteiger partial charge is 0.192 e. The lowest BCUT2D eigenvalue weighted by atomic mass is 10.1. The molecule has 0 radical (unpaired) electrons. The van der Waals surface area contributed by atoms with E-state index in [1.807, 2.05) is 12.1 Å². The van der Waals surface area contributed by atoms with Crippen molar-refractivity contribution in [2.45, 2.75) is 58.7 Å². The van der Waals surface area contributed by atoms with E-state index in [0.29, 0.717) is 19.1 Å². The van der Waals surface area contributed by atoms with Gasteiger partial charge in [-0.3, -0.25) is 4.98 Å². The lowest BCUT2D eigenvalue weighted by molar-refractivity contribution is 0.203. The Hall–Kier alpha value is -0.873. The van der Waals surface area contributed by atoms with Gasteiger partial charge in [-0.1, -0.05) is 34.6 Å². The van der Waals surface area contributed by atoms with E-state index in [9.17, 15) is 0 Å². The molecule has 0 saturated heterocycles. The molecule has 0 fully saturated rings. The van der Waals surface area contributed by atoms with Crippen molar-refractivity contribution in [3.05, 3.63) is 24.0 Å². The van der Waals surface area contributed by atoms with Crippen molar-refractivity contribution in [3.63, 3.8) is 0 Å². The molecule has 0 spiro atoms. The van der Waals surface area contributed by atoms with Crippen LogP contribution in [0.15, 0.2) is 18.3 Å². The van der Waals surface area contributed by atoms with E-state index in [1.54, 1.807) is 6.20 Å². The summed E-state index contributed by atoms with van der Waals surface area (Å²) in [7, 11) is -1.66. The highest BCUT2D eigenvalue weighted by atomic mass is 28.4. The summed E-state index contributed by atoms with van der Waals surface area (Å²) in [4.78, 5) is 4.33. The fraction of sp³-hybridized carbons (Fsp3) is 0.688. The Bertz CT molecular complexity index is 425. The van der Waals surface area contributed by atoms with Gasteiger partial charge >= 0.3 is 0 Å². The van der Waals surface area contributed by atoms with Crippen LogP contribution in [-0.4, -0.2) is 26.5 Å². The van der Waals surface area contributed by atoms with E-state index < -0.39 is 8.32 Å². The maximum Gasteiger partial charge on any atom is 0.192 e. The van der Waals surface area contributed by atoms with Crippen LogP contribution in [0.3, 0.4) is 0 Å². The van der Waals surface area contributed by atoms with Gasteiger partial charge in [0.25, 0.3) is 0 Å². The molecule has 0 N–H and O–H groups in total. The van der Waals surface area contributed by atoms with E-state index in [4.69, 9.17) is 9.16 Å². The molecule has 4 heteroatoms. The Kier molecular flexibility index (Phi) is 5.77. The second-order valence-corrected chi connectivity index (χ2v) is 11.8. The van der Waals surface area contributed by atoms with Gasteiger partial charge in [0.05, 0.1) is 6.61 Å². The van der Waals surface area contributed by atoms with Crippen molar-refractivity contribution in [2.75, 3.05) is 13.2 Å². The first-order valence-corrected chi connectivity index (χ1v) is 10.3. The molecule has 3 nitrogen and oxygen atoms in total. The SMILES string of the molecule is CC(C)c1cc(OCCO[Si](C)(C)C(C)(C)C)ccn1. The molecule has 0 bridgehead atoms. The Morgan fingerprint density at radius 2 is 1.85 bits per heavy atom. The van der Waals surface area contributed by atoms with Crippen LogP contribution >= 0.6 is 0 Å². The first kappa shape index (κ1) is 17.2. The third kappa shape index (κ3) is 4.91. The van der Waals surface area contributed by atoms with E-state index >= 15 is 0 Å². The number of hydrogen-bond donors (Lipinski definition) is 0. The minimum atomic E-state index is -1.66. The van der Waals surface area contributed by atoms with Crippen molar-refractivity contribution in [1.82, 2.24) is 4.98 Å². The van der Waals surface area contributed by atoms with Crippen molar-refractivity contribution in [1.29, 1.82) is 0 Å². The van der Waals surface area contributed by atoms with Gasteiger partial charge < -0.3 is 9.16 Å². The number of rotatable bonds is 6. The van der Waals surface area contributed by atoms with Crippen molar-refractivity contribution < 1.29 is 9.16 Å². The number of ether oxygens (including phenoxy) is 1. The summed E-state index contributed by atoms with van der Waals surface area (Å²) >= 11 is 0. The normalized spacial score (nSPS) is 12.8. The van der Waals surface area contributed by atoms with Crippen LogP contribution in [0.1, 0.15) is 46.2 Å². The van der Waals surface area contributed by atoms with E-state index in [2.05, 4.69) is 52.7 Å². The molecule has 0 saturated carbocycles. The molecule has 0 aliphatic rings. The Balaban J connectivity index is 2.44. The highest BCUT2D eigenvalue weighted by Crippen LogP contribution is 2.36. The van der Waals surface area contributed by atoms with Gasteiger partial charge in [-0.05, 0) is 30.1 Å². The predicted molar refractivity (Wildman–Crippen MR) is 87.0 cm³/mol. The molecule has 0 unspecified atom stereocenters. The third-order valence-electron chi connectivity index (χ3n) is 3.97. The molecule has 20 heavy (non-hydrogen) atoms. The molecule has 0 amide bonds. The van der Waals surface area contributed by atoms with Crippen LogP contribution in [0.2, 0.25) is 18.1 Å². The van der Waals surface area contributed by atoms with Gasteiger partial charge in [-0.2, -0.15) is 0 Å². The average Bonchev–Trinajstić information content (AvgIpc) is 2.33. The summed E-state index contributed by atoms with van der Waals surface area (Å²) < 4.78 is 11.9. The third-order valence-corrected chi connectivity index (χ3v) is 8.50.